The Balaban J connectivity index is 1.64. The fraction of sp³-hybridized carbons (Fsp3) is 1.00. The molecule has 0 aromatic heterocycles. The second-order valence-corrected chi connectivity index (χ2v) is 8.34. The van der Waals surface area contributed by atoms with E-state index < -0.39 is 112 Å². The summed E-state index contributed by atoms with van der Waals surface area (Å²) in [5.74, 6) is 0. The molecule has 3 aliphatic heterocycles. The van der Waals surface area contributed by atoms with E-state index in [-0.39, 0.29) is 0 Å². The minimum absolute atomic E-state index is 0.778. The maximum absolute atomic E-state index is 10.4. The molecule has 3 heterocycles. The Morgan fingerprint density at radius 3 is 1.35 bits per heavy atom. The average Bonchev–Trinajstić information content (AvgIpc) is 3.37. The highest BCUT2D eigenvalue weighted by Crippen LogP contribution is 2.32. The summed E-state index contributed by atoms with van der Waals surface area (Å²) in [6.45, 7) is -2.41. The van der Waals surface area contributed by atoms with Crippen molar-refractivity contribution in [2.24, 2.45) is 0 Å². The van der Waals surface area contributed by atoms with Crippen LogP contribution in [0.25, 0.3) is 0 Å². The van der Waals surface area contributed by atoms with E-state index in [9.17, 15) is 51.1 Å². The molecule has 3 aliphatic rings. The molecule has 15 atom stereocenters. The van der Waals surface area contributed by atoms with E-state index in [1.165, 1.54) is 0 Å². The van der Waals surface area contributed by atoms with Gasteiger partial charge in [0.1, 0.15) is 73.2 Å². The van der Waals surface area contributed by atoms with Crippen molar-refractivity contribution in [3.63, 3.8) is 0 Å². The van der Waals surface area contributed by atoms with E-state index in [2.05, 4.69) is 0 Å². The fourth-order valence-corrected chi connectivity index (χ4v) is 4.08. The van der Waals surface area contributed by atoms with Crippen LogP contribution < -0.4 is 0 Å². The van der Waals surface area contributed by atoms with E-state index in [4.69, 9.17) is 28.8 Å². The average molecular weight is 504 g/mol. The van der Waals surface area contributed by atoms with Gasteiger partial charge in [-0.1, -0.05) is 0 Å². The van der Waals surface area contributed by atoms with E-state index in [1.54, 1.807) is 0 Å². The summed E-state index contributed by atoms with van der Waals surface area (Å²) in [7, 11) is 0. The molecule has 0 aromatic carbocycles. The SMILES string of the molecule is OCC(O)C1OC(OC(CO)C2OC(OC(CO)C3OC(O)C(O)C3O)C(O)C2O)C(O)C1O. The van der Waals surface area contributed by atoms with Gasteiger partial charge in [-0.3, -0.25) is 0 Å². The van der Waals surface area contributed by atoms with Gasteiger partial charge in [-0.2, -0.15) is 0 Å². The van der Waals surface area contributed by atoms with E-state index in [0.717, 1.165) is 0 Å². The molecule has 0 amide bonds. The first-order valence-electron chi connectivity index (χ1n) is 10.6. The Morgan fingerprint density at radius 1 is 0.529 bits per heavy atom. The molecule has 0 spiro atoms. The van der Waals surface area contributed by atoms with Crippen molar-refractivity contribution >= 4 is 0 Å². The number of hydrogen-bond acceptors (Lipinski definition) is 16. The lowest BCUT2D eigenvalue weighted by Gasteiger charge is -2.29. The zero-order valence-corrected chi connectivity index (χ0v) is 17.7. The minimum atomic E-state index is -1.76. The molecule has 0 radical (unpaired) electrons. The van der Waals surface area contributed by atoms with Crippen LogP contribution in [0.4, 0.5) is 0 Å². The fourth-order valence-electron chi connectivity index (χ4n) is 4.08. The third-order valence-corrected chi connectivity index (χ3v) is 6.07. The number of aliphatic hydroxyl groups is 11. The van der Waals surface area contributed by atoms with Crippen molar-refractivity contribution in [1.82, 2.24) is 0 Å². The molecule has 15 unspecified atom stereocenters. The van der Waals surface area contributed by atoms with Crippen LogP contribution in [0.15, 0.2) is 0 Å². The topological polar surface area (TPSA) is 269 Å². The van der Waals surface area contributed by atoms with Gasteiger partial charge in [0, 0.05) is 0 Å². The minimum Gasteiger partial charge on any atom is -0.394 e. The summed E-state index contributed by atoms with van der Waals surface area (Å²) < 4.78 is 26.3. The van der Waals surface area contributed by atoms with Crippen LogP contribution in [-0.4, -0.2) is 168 Å². The Bertz CT molecular complexity index is 641. The van der Waals surface area contributed by atoms with Crippen LogP contribution in [0.1, 0.15) is 0 Å². The van der Waals surface area contributed by atoms with Crippen LogP contribution in [0.2, 0.25) is 0 Å². The van der Waals surface area contributed by atoms with Crippen molar-refractivity contribution in [2.45, 2.75) is 92.1 Å². The monoisotopic (exact) mass is 504 g/mol. The van der Waals surface area contributed by atoms with Gasteiger partial charge in [-0.25, -0.2) is 0 Å². The van der Waals surface area contributed by atoms with E-state index in [1.807, 2.05) is 0 Å². The molecule has 16 nitrogen and oxygen atoms in total. The van der Waals surface area contributed by atoms with E-state index >= 15 is 0 Å². The summed E-state index contributed by atoms with van der Waals surface area (Å²) in [4.78, 5) is 0. The first-order chi connectivity index (χ1) is 16.0. The Labute approximate surface area is 192 Å². The third kappa shape index (κ3) is 5.37. The molecular formula is C18H32O16. The van der Waals surface area contributed by atoms with Gasteiger partial charge in [0.2, 0.25) is 0 Å². The first-order valence-corrected chi connectivity index (χ1v) is 10.6. The number of ether oxygens (including phenoxy) is 5. The normalized spacial score (nSPS) is 47.7. The van der Waals surface area contributed by atoms with Gasteiger partial charge in [0.05, 0.1) is 19.8 Å². The Hall–Kier alpha value is -0.640. The van der Waals surface area contributed by atoms with Crippen molar-refractivity contribution < 1.29 is 79.9 Å². The lowest BCUT2D eigenvalue weighted by molar-refractivity contribution is -0.259. The van der Waals surface area contributed by atoms with Crippen molar-refractivity contribution in [2.75, 3.05) is 19.8 Å². The van der Waals surface area contributed by atoms with Crippen LogP contribution >= 0.6 is 0 Å². The largest absolute Gasteiger partial charge is 0.394 e. The second kappa shape index (κ2) is 11.6. The van der Waals surface area contributed by atoms with Crippen LogP contribution in [0, 0.1) is 0 Å². The van der Waals surface area contributed by atoms with Crippen LogP contribution in [0.3, 0.4) is 0 Å². The maximum atomic E-state index is 10.4. The van der Waals surface area contributed by atoms with Gasteiger partial charge < -0.3 is 79.9 Å². The molecule has 11 N–H and O–H groups in total. The van der Waals surface area contributed by atoms with Crippen LogP contribution in [-0.2, 0) is 23.7 Å². The molecule has 0 bridgehead atoms. The number of rotatable bonds is 10. The molecule has 0 aromatic rings. The molecule has 3 fully saturated rings. The highest BCUT2D eigenvalue weighted by atomic mass is 16.8. The highest BCUT2D eigenvalue weighted by Gasteiger charge is 2.53. The lowest BCUT2D eigenvalue weighted by atomic mass is 10.0. The lowest BCUT2D eigenvalue weighted by Crippen LogP contribution is -2.46. The highest BCUT2D eigenvalue weighted by molar-refractivity contribution is 4.96. The summed E-state index contributed by atoms with van der Waals surface area (Å²) in [6, 6.07) is 0. The molecule has 0 aliphatic carbocycles. The Morgan fingerprint density at radius 2 is 0.941 bits per heavy atom. The molecular weight excluding hydrogens is 472 g/mol. The molecule has 34 heavy (non-hydrogen) atoms. The molecule has 3 rings (SSSR count). The zero-order valence-electron chi connectivity index (χ0n) is 17.7. The smallest absolute Gasteiger partial charge is 0.187 e. The Kier molecular flexibility index (Phi) is 9.54. The zero-order chi connectivity index (χ0) is 25.3. The molecule has 3 saturated heterocycles. The predicted molar refractivity (Wildman–Crippen MR) is 101 cm³/mol. The standard InChI is InChI=1S/C18H32O16/c19-1-4(22)13-8(24)11(27)17(33-13)31-6(3-21)15-9(25)12(28)18(34-15)30-5(2-20)14-7(23)10(26)16(29)32-14/h4-29H,1-3H2. The summed E-state index contributed by atoms with van der Waals surface area (Å²) in [5.41, 5.74) is 0. The first kappa shape index (κ1) is 27.9. The van der Waals surface area contributed by atoms with Gasteiger partial charge >= 0.3 is 0 Å². The second-order valence-electron chi connectivity index (χ2n) is 8.34. The molecule has 200 valence electrons. The van der Waals surface area contributed by atoms with Gasteiger partial charge in [-0.05, 0) is 0 Å². The molecule has 16 heteroatoms. The summed E-state index contributed by atoms with van der Waals surface area (Å²) >= 11 is 0. The summed E-state index contributed by atoms with van der Waals surface area (Å²) in [5, 5.41) is 108. The van der Waals surface area contributed by atoms with Crippen LogP contribution in [0.5, 0.6) is 0 Å². The van der Waals surface area contributed by atoms with Gasteiger partial charge in [0.25, 0.3) is 0 Å². The van der Waals surface area contributed by atoms with Crippen molar-refractivity contribution in [1.29, 1.82) is 0 Å². The third-order valence-electron chi connectivity index (χ3n) is 6.07. The predicted octanol–water partition coefficient (Wildman–Crippen LogP) is -7.57. The maximum Gasteiger partial charge on any atom is 0.187 e. The molecule has 0 saturated carbocycles. The quantitative estimate of drug-likeness (QED) is 0.132. The van der Waals surface area contributed by atoms with Crippen molar-refractivity contribution in [3.05, 3.63) is 0 Å². The van der Waals surface area contributed by atoms with Gasteiger partial charge in [0.15, 0.2) is 18.9 Å². The summed E-state index contributed by atoms with van der Waals surface area (Å²) in [6.07, 6.45) is -23.9. The number of aliphatic hydroxyl groups excluding tert-OH is 11. The number of hydrogen-bond donors (Lipinski definition) is 11. The van der Waals surface area contributed by atoms with E-state index in [0.29, 0.717) is 0 Å². The van der Waals surface area contributed by atoms with Crippen molar-refractivity contribution in [3.8, 4) is 0 Å². The van der Waals surface area contributed by atoms with Gasteiger partial charge in [-0.15, -0.1) is 0 Å².